The van der Waals surface area contributed by atoms with Crippen LogP contribution in [0.4, 0.5) is 0 Å². The number of rotatable bonds is 1. The molecule has 8 nitrogen and oxygen atoms in total. The van der Waals surface area contributed by atoms with Gasteiger partial charge in [0.25, 0.3) is 0 Å². The third-order valence-electron chi connectivity index (χ3n) is 1.73. The van der Waals surface area contributed by atoms with E-state index in [9.17, 15) is 0 Å². The van der Waals surface area contributed by atoms with Crippen molar-refractivity contribution in [2.75, 3.05) is 0 Å². The molecule has 0 aromatic heterocycles. The maximum Gasteiger partial charge on any atom is 0.184 e. The van der Waals surface area contributed by atoms with Gasteiger partial charge >= 0.3 is 0 Å². The van der Waals surface area contributed by atoms with Crippen molar-refractivity contribution < 1.29 is 25.2 Å². The van der Waals surface area contributed by atoms with Crippen LogP contribution in [0.3, 0.4) is 0 Å². The Hall–Kier alpha value is -0.890. The van der Waals surface area contributed by atoms with Crippen LogP contribution in [-0.4, -0.2) is 51.3 Å². The number of hydrogen-bond acceptors (Lipinski definition) is 6. The summed E-state index contributed by atoms with van der Waals surface area (Å²) in [7, 11) is 0. The molecule has 0 bridgehead atoms. The van der Waals surface area contributed by atoms with Gasteiger partial charge in [-0.1, -0.05) is 5.11 Å². The van der Waals surface area contributed by atoms with Crippen molar-refractivity contribution in [3.63, 3.8) is 0 Å². The molecule has 0 amide bonds. The third kappa shape index (κ3) is 1.89. The number of hydrogen-bond donors (Lipinski definition) is 4. The third-order valence-corrected chi connectivity index (χ3v) is 1.73. The second kappa shape index (κ2) is 3.88. The Morgan fingerprint density at radius 2 is 1.69 bits per heavy atom. The Morgan fingerprint density at radius 1 is 1.08 bits per heavy atom. The first-order valence-corrected chi connectivity index (χ1v) is 3.50. The molecule has 1 saturated heterocycles. The molecule has 1 rings (SSSR count). The SMILES string of the molecule is [N-]=[N+]=N[C@H]1OC(O)[C@H](O)[C@@H](O)[C@H]1O. The van der Waals surface area contributed by atoms with E-state index in [0.29, 0.717) is 0 Å². The van der Waals surface area contributed by atoms with Crippen molar-refractivity contribution in [1.29, 1.82) is 0 Å². The van der Waals surface area contributed by atoms with Crippen LogP contribution in [0.25, 0.3) is 10.4 Å². The van der Waals surface area contributed by atoms with Gasteiger partial charge in [0.2, 0.25) is 0 Å². The first kappa shape index (κ1) is 10.2. The maximum atomic E-state index is 9.15. The molecule has 0 aliphatic carbocycles. The van der Waals surface area contributed by atoms with Gasteiger partial charge in [0.05, 0.1) is 0 Å². The van der Waals surface area contributed by atoms with Crippen LogP contribution in [0.5, 0.6) is 0 Å². The van der Waals surface area contributed by atoms with E-state index in [-0.39, 0.29) is 0 Å². The Balaban J connectivity index is 2.75. The Kier molecular flexibility index (Phi) is 3.04. The summed E-state index contributed by atoms with van der Waals surface area (Å²) in [6, 6.07) is 0. The van der Waals surface area contributed by atoms with E-state index in [1.54, 1.807) is 0 Å². The molecule has 1 heterocycles. The zero-order valence-electron chi connectivity index (χ0n) is 6.43. The zero-order valence-corrected chi connectivity index (χ0v) is 6.43. The van der Waals surface area contributed by atoms with Gasteiger partial charge in [-0.3, -0.25) is 0 Å². The second-order valence-electron chi connectivity index (χ2n) is 2.59. The van der Waals surface area contributed by atoms with Gasteiger partial charge in [-0.2, -0.15) is 0 Å². The van der Waals surface area contributed by atoms with Gasteiger partial charge < -0.3 is 25.2 Å². The lowest BCUT2D eigenvalue weighted by molar-refractivity contribution is -0.280. The highest BCUT2D eigenvalue weighted by Crippen LogP contribution is 2.20. The topological polar surface area (TPSA) is 139 Å². The van der Waals surface area contributed by atoms with E-state index in [1.165, 1.54) is 0 Å². The average Bonchev–Trinajstić information content (AvgIpc) is 2.11. The Labute approximate surface area is 72.6 Å². The smallest absolute Gasteiger partial charge is 0.184 e. The number of nitrogens with zero attached hydrogens (tertiary/aromatic N) is 3. The number of azide groups is 1. The summed E-state index contributed by atoms with van der Waals surface area (Å²) in [6.07, 6.45) is -7.82. The van der Waals surface area contributed by atoms with Gasteiger partial charge in [0.15, 0.2) is 12.5 Å². The molecular weight excluding hydrogens is 182 g/mol. The molecule has 13 heavy (non-hydrogen) atoms. The molecule has 0 aromatic carbocycles. The molecular formula is C5H9N3O5. The molecule has 0 radical (unpaired) electrons. The van der Waals surface area contributed by atoms with E-state index in [0.717, 1.165) is 0 Å². The number of aliphatic hydroxyl groups is 4. The highest BCUT2D eigenvalue weighted by molar-refractivity contribution is 4.87. The zero-order chi connectivity index (χ0) is 10.0. The van der Waals surface area contributed by atoms with E-state index >= 15 is 0 Å². The first-order chi connectivity index (χ1) is 6.07. The largest absolute Gasteiger partial charge is 0.387 e. The van der Waals surface area contributed by atoms with Gasteiger partial charge in [-0.15, -0.1) is 0 Å². The summed E-state index contributed by atoms with van der Waals surface area (Å²) < 4.78 is 4.50. The van der Waals surface area contributed by atoms with Crippen molar-refractivity contribution in [2.45, 2.75) is 30.8 Å². The molecule has 1 fully saturated rings. The van der Waals surface area contributed by atoms with Crippen LogP contribution in [0.1, 0.15) is 0 Å². The maximum absolute atomic E-state index is 9.15. The second-order valence-corrected chi connectivity index (χ2v) is 2.59. The van der Waals surface area contributed by atoms with Crippen molar-refractivity contribution in [3.8, 4) is 0 Å². The molecule has 8 heteroatoms. The summed E-state index contributed by atoms with van der Waals surface area (Å²) in [4.78, 5) is 2.34. The molecule has 1 aliphatic heterocycles. The molecule has 0 spiro atoms. The fourth-order valence-electron chi connectivity index (χ4n) is 0.990. The molecule has 5 atom stereocenters. The highest BCUT2D eigenvalue weighted by Gasteiger charge is 2.42. The van der Waals surface area contributed by atoms with Gasteiger partial charge in [0.1, 0.15) is 18.3 Å². The fraction of sp³-hybridized carbons (Fsp3) is 1.00. The minimum atomic E-state index is -1.67. The van der Waals surface area contributed by atoms with Crippen molar-refractivity contribution in [3.05, 3.63) is 10.4 Å². The predicted octanol–water partition coefficient (Wildman–Crippen LogP) is -1.95. The quantitative estimate of drug-likeness (QED) is 0.217. The van der Waals surface area contributed by atoms with Crippen LogP contribution < -0.4 is 0 Å². The van der Waals surface area contributed by atoms with Crippen LogP contribution >= 0.6 is 0 Å². The molecule has 0 aromatic rings. The van der Waals surface area contributed by atoms with Gasteiger partial charge in [0, 0.05) is 4.91 Å². The lowest BCUT2D eigenvalue weighted by Gasteiger charge is -2.36. The van der Waals surface area contributed by atoms with Crippen LogP contribution in [0.2, 0.25) is 0 Å². The molecule has 1 aliphatic rings. The summed E-state index contributed by atoms with van der Waals surface area (Å²) in [5.74, 6) is 0. The van der Waals surface area contributed by atoms with Crippen LogP contribution in [0, 0.1) is 0 Å². The van der Waals surface area contributed by atoms with Crippen LogP contribution in [0.15, 0.2) is 5.11 Å². The summed E-state index contributed by atoms with van der Waals surface area (Å²) in [5, 5.41) is 39.1. The van der Waals surface area contributed by atoms with E-state index in [2.05, 4.69) is 14.8 Å². The molecule has 1 unspecified atom stereocenters. The van der Waals surface area contributed by atoms with Gasteiger partial charge in [-0.05, 0) is 5.53 Å². The number of aliphatic hydroxyl groups excluding tert-OH is 4. The van der Waals surface area contributed by atoms with Crippen molar-refractivity contribution in [1.82, 2.24) is 0 Å². The molecule has 0 saturated carbocycles. The Morgan fingerprint density at radius 3 is 2.23 bits per heavy atom. The normalized spacial score (nSPS) is 45.4. The highest BCUT2D eigenvalue weighted by atomic mass is 16.6. The minimum Gasteiger partial charge on any atom is -0.387 e. The monoisotopic (exact) mass is 191 g/mol. The summed E-state index contributed by atoms with van der Waals surface area (Å²) in [5.41, 5.74) is 8.02. The standard InChI is InChI=1S/C5H9N3O5/c6-8-7-4-2(10)1(9)3(11)5(12)13-4/h1-5,9-12H/t1-,2+,3+,4-,5?/m0/s1. The van der Waals surface area contributed by atoms with Crippen molar-refractivity contribution in [2.24, 2.45) is 5.11 Å². The predicted molar refractivity (Wildman–Crippen MR) is 38.0 cm³/mol. The summed E-state index contributed by atoms with van der Waals surface area (Å²) >= 11 is 0. The fourth-order valence-corrected chi connectivity index (χ4v) is 0.990. The van der Waals surface area contributed by atoms with Gasteiger partial charge in [-0.25, -0.2) is 0 Å². The number of ether oxygens (including phenoxy) is 1. The first-order valence-electron chi connectivity index (χ1n) is 3.50. The average molecular weight is 191 g/mol. The molecule has 4 N–H and O–H groups in total. The van der Waals surface area contributed by atoms with E-state index < -0.39 is 30.8 Å². The lowest BCUT2D eigenvalue weighted by Crippen LogP contribution is -2.56. The van der Waals surface area contributed by atoms with Crippen LogP contribution in [-0.2, 0) is 4.74 Å². The van der Waals surface area contributed by atoms with E-state index in [4.69, 9.17) is 26.0 Å². The minimum absolute atomic E-state index is 1.39. The summed E-state index contributed by atoms with van der Waals surface area (Å²) in [6.45, 7) is 0. The van der Waals surface area contributed by atoms with Crippen molar-refractivity contribution >= 4 is 0 Å². The van der Waals surface area contributed by atoms with E-state index in [1.807, 2.05) is 0 Å². The Bertz CT molecular complexity index is 230. The molecule has 74 valence electrons. The lowest BCUT2D eigenvalue weighted by atomic mass is 10.0.